The highest BCUT2D eigenvalue weighted by atomic mass is 35.5. The van der Waals surface area contributed by atoms with Crippen molar-refractivity contribution in [2.24, 2.45) is 0 Å². The quantitative estimate of drug-likeness (QED) is 0.703. The molecule has 0 aromatic heterocycles. The summed E-state index contributed by atoms with van der Waals surface area (Å²) in [7, 11) is 3.16. The van der Waals surface area contributed by atoms with Gasteiger partial charge >= 0.3 is 0 Å². The molecule has 3 nitrogen and oxygen atoms in total. The number of ether oxygens (including phenoxy) is 3. The summed E-state index contributed by atoms with van der Waals surface area (Å²) >= 11 is 5.84. The standard InChI is InChI=1S/C11H15ClO3/c1-13-11(14-2)8-15-7-9-4-3-5-10(12)6-9/h3-6,11H,7-8H2,1-2H3. The van der Waals surface area contributed by atoms with Gasteiger partial charge < -0.3 is 14.2 Å². The van der Waals surface area contributed by atoms with Gasteiger partial charge in [0, 0.05) is 19.2 Å². The molecule has 1 aromatic rings. The zero-order chi connectivity index (χ0) is 11.1. The Morgan fingerprint density at radius 3 is 2.60 bits per heavy atom. The van der Waals surface area contributed by atoms with E-state index in [1.807, 2.05) is 24.3 Å². The van der Waals surface area contributed by atoms with Gasteiger partial charge in [-0.15, -0.1) is 0 Å². The Morgan fingerprint density at radius 2 is 2.00 bits per heavy atom. The second kappa shape index (κ2) is 6.80. The van der Waals surface area contributed by atoms with Crippen LogP contribution in [0.4, 0.5) is 0 Å². The molecule has 0 heterocycles. The molecule has 0 saturated carbocycles. The van der Waals surface area contributed by atoms with Gasteiger partial charge in [0.25, 0.3) is 0 Å². The van der Waals surface area contributed by atoms with E-state index in [-0.39, 0.29) is 6.29 Å². The lowest BCUT2D eigenvalue weighted by molar-refractivity contribution is -0.142. The highest BCUT2D eigenvalue weighted by molar-refractivity contribution is 6.30. The number of hydrogen-bond donors (Lipinski definition) is 0. The number of halogens is 1. The fourth-order valence-corrected chi connectivity index (χ4v) is 1.34. The molecule has 0 amide bonds. The van der Waals surface area contributed by atoms with E-state index in [2.05, 4.69) is 0 Å². The molecule has 0 aliphatic heterocycles. The van der Waals surface area contributed by atoms with Crippen molar-refractivity contribution in [2.45, 2.75) is 12.9 Å². The van der Waals surface area contributed by atoms with Crippen LogP contribution in [0.5, 0.6) is 0 Å². The Labute approximate surface area is 94.9 Å². The van der Waals surface area contributed by atoms with Gasteiger partial charge in [-0.3, -0.25) is 0 Å². The van der Waals surface area contributed by atoms with E-state index < -0.39 is 0 Å². The van der Waals surface area contributed by atoms with E-state index in [9.17, 15) is 0 Å². The highest BCUT2D eigenvalue weighted by Gasteiger charge is 2.04. The van der Waals surface area contributed by atoms with Crippen molar-refractivity contribution < 1.29 is 14.2 Å². The molecule has 1 aromatic carbocycles. The van der Waals surface area contributed by atoms with E-state index >= 15 is 0 Å². The Morgan fingerprint density at radius 1 is 1.27 bits per heavy atom. The summed E-state index contributed by atoms with van der Waals surface area (Å²) in [5, 5.41) is 0.714. The SMILES string of the molecule is COC(COCc1cccc(Cl)c1)OC. The van der Waals surface area contributed by atoms with Crippen LogP contribution in [-0.4, -0.2) is 27.1 Å². The smallest absolute Gasteiger partial charge is 0.180 e. The van der Waals surface area contributed by atoms with Crippen molar-refractivity contribution in [3.8, 4) is 0 Å². The van der Waals surface area contributed by atoms with Gasteiger partial charge in [-0.1, -0.05) is 23.7 Å². The van der Waals surface area contributed by atoms with Gasteiger partial charge in [-0.2, -0.15) is 0 Å². The Balaban J connectivity index is 2.31. The third-order valence-electron chi connectivity index (χ3n) is 1.94. The van der Waals surface area contributed by atoms with E-state index in [0.717, 1.165) is 5.56 Å². The third kappa shape index (κ3) is 4.62. The van der Waals surface area contributed by atoms with Crippen LogP contribution in [-0.2, 0) is 20.8 Å². The first-order valence-corrected chi connectivity index (χ1v) is 5.02. The molecule has 0 spiro atoms. The molecule has 4 heteroatoms. The average Bonchev–Trinajstić information content (AvgIpc) is 2.25. The first kappa shape index (κ1) is 12.5. The third-order valence-corrected chi connectivity index (χ3v) is 2.17. The topological polar surface area (TPSA) is 27.7 Å². The summed E-state index contributed by atoms with van der Waals surface area (Å²) in [6.07, 6.45) is -0.316. The zero-order valence-electron chi connectivity index (χ0n) is 8.90. The molecule has 84 valence electrons. The lowest BCUT2D eigenvalue weighted by Gasteiger charge is -2.13. The zero-order valence-corrected chi connectivity index (χ0v) is 9.66. The molecule has 15 heavy (non-hydrogen) atoms. The molecular weight excluding hydrogens is 216 g/mol. The number of methoxy groups -OCH3 is 2. The average molecular weight is 231 g/mol. The minimum atomic E-state index is -0.316. The molecule has 0 fully saturated rings. The minimum absolute atomic E-state index is 0.316. The van der Waals surface area contributed by atoms with Crippen molar-refractivity contribution in [1.82, 2.24) is 0 Å². The van der Waals surface area contributed by atoms with Crippen molar-refractivity contribution in [1.29, 1.82) is 0 Å². The summed E-state index contributed by atoms with van der Waals surface area (Å²) in [4.78, 5) is 0. The number of hydrogen-bond acceptors (Lipinski definition) is 3. The summed E-state index contributed by atoms with van der Waals surface area (Å²) in [5.41, 5.74) is 1.04. The van der Waals surface area contributed by atoms with Gasteiger partial charge in [0.15, 0.2) is 6.29 Å². The van der Waals surface area contributed by atoms with Crippen LogP contribution in [0.3, 0.4) is 0 Å². The Hall–Kier alpha value is -0.610. The van der Waals surface area contributed by atoms with Crippen LogP contribution in [0.2, 0.25) is 5.02 Å². The second-order valence-corrected chi connectivity index (χ2v) is 3.48. The second-order valence-electron chi connectivity index (χ2n) is 3.05. The first-order chi connectivity index (χ1) is 7.26. The fraction of sp³-hybridized carbons (Fsp3) is 0.455. The van der Waals surface area contributed by atoms with Crippen LogP contribution in [0.15, 0.2) is 24.3 Å². The van der Waals surface area contributed by atoms with Crippen LogP contribution in [0, 0.1) is 0 Å². The predicted molar refractivity (Wildman–Crippen MR) is 58.9 cm³/mol. The first-order valence-electron chi connectivity index (χ1n) is 4.64. The molecule has 0 radical (unpaired) electrons. The maximum Gasteiger partial charge on any atom is 0.180 e. The molecule has 0 aliphatic carbocycles. The van der Waals surface area contributed by atoms with Crippen LogP contribution >= 0.6 is 11.6 Å². The molecule has 0 N–H and O–H groups in total. The largest absolute Gasteiger partial charge is 0.371 e. The van der Waals surface area contributed by atoms with E-state index in [0.29, 0.717) is 18.2 Å². The molecule has 0 unspecified atom stereocenters. The van der Waals surface area contributed by atoms with Gasteiger partial charge in [0.1, 0.15) is 0 Å². The monoisotopic (exact) mass is 230 g/mol. The molecule has 0 aliphatic rings. The summed E-state index contributed by atoms with van der Waals surface area (Å²) in [6, 6.07) is 7.56. The lowest BCUT2D eigenvalue weighted by atomic mass is 10.2. The van der Waals surface area contributed by atoms with Crippen LogP contribution in [0.25, 0.3) is 0 Å². The highest BCUT2D eigenvalue weighted by Crippen LogP contribution is 2.11. The van der Waals surface area contributed by atoms with Gasteiger partial charge in [0.2, 0.25) is 0 Å². The van der Waals surface area contributed by atoms with E-state index in [1.165, 1.54) is 0 Å². The minimum Gasteiger partial charge on any atom is -0.371 e. The van der Waals surface area contributed by atoms with Crippen LogP contribution in [0.1, 0.15) is 5.56 Å². The molecule has 0 atom stereocenters. The van der Waals surface area contributed by atoms with Crippen molar-refractivity contribution in [2.75, 3.05) is 20.8 Å². The Bertz CT molecular complexity index is 287. The maximum absolute atomic E-state index is 5.84. The fourth-order valence-electron chi connectivity index (χ4n) is 1.13. The van der Waals surface area contributed by atoms with Crippen molar-refractivity contribution >= 4 is 11.6 Å². The van der Waals surface area contributed by atoms with Gasteiger partial charge in [-0.25, -0.2) is 0 Å². The van der Waals surface area contributed by atoms with Gasteiger partial charge in [-0.05, 0) is 17.7 Å². The maximum atomic E-state index is 5.84. The molecular formula is C11H15ClO3. The lowest BCUT2D eigenvalue weighted by Crippen LogP contribution is -2.19. The van der Waals surface area contributed by atoms with E-state index in [4.69, 9.17) is 25.8 Å². The van der Waals surface area contributed by atoms with Crippen LogP contribution < -0.4 is 0 Å². The van der Waals surface area contributed by atoms with Crippen molar-refractivity contribution in [3.05, 3.63) is 34.9 Å². The number of rotatable bonds is 6. The normalized spacial score (nSPS) is 10.9. The molecule has 0 saturated heterocycles. The number of benzene rings is 1. The Kier molecular flexibility index (Phi) is 5.65. The summed E-state index contributed by atoms with van der Waals surface area (Å²) in [6.45, 7) is 0.906. The summed E-state index contributed by atoms with van der Waals surface area (Å²) in [5.74, 6) is 0. The summed E-state index contributed by atoms with van der Waals surface area (Å²) < 4.78 is 15.4. The van der Waals surface area contributed by atoms with Gasteiger partial charge in [0.05, 0.1) is 13.2 Å². The molecule has 0 bridgehead atoms. The van der Waals surface area contributed by atoms with Crippen molar-refractivity contribution in [3.63, 3.8) is 0 Å². The predicted octanol–water partition coefficient (Wildman–Crippen LogP) is 2.48. The van der Waals surface area contributed by atoms with E-state index in [1.54, 1.807) is 14.2 Å². The molecule has 1 rings (SSSR count).